The summed E-state index contributed by atoms with van der Waals surface area (Å²) in [5, 5.41) is 3.06. The molecule has 0 atom stereocenters. The quantitative estimate of drug-likeness (QED) is 0.744. The molecule has 0 aromatic heterocycles. The van der Waals surface area contributed by atoms with Gasteiger partial charge in [-0.1, -0.05) is 38.1 Å². The predicted molar refractivity (Wildman–Crippen MR) is 124 cm³/mol. The first-order chi connectivity index (χ1) is 14.8. The van der Waals surface area contributed by atoms with Gasteiger partial charge in [-0.15, -0.1) is 0 Å². The van der Waals surface area contributed by atoms with Gasteiger partial charge in [0, 0.05) is 24.7 Å². The molecule has 1 saturated heterocycles. The number of rotatable bonds is 6. The van der Waals surface area contributed by atoms with Crippen molar-refractivity contribution in [1.82, 2.24) is 10.2 Å². The molecule has 2 aromatic carbocycles. The summed E-state index contributed by atoms with van der Waals surface area (Å²) < 4.78 is 5.82. The number of carbonyl (C=O) groups is 2. The summed E-state index contributed by atoms with van der Waals surface area (Å²) in [5.74, 6) is 1.19. The smallest absolute Gasteiger partial charge is 0.258 e. The van der Waals surface area contributed by atoms with Crippen molar-refractivity contribution in [2.75, 3.05) is 19.7 Å². The number of piperidine rings is 1. The van der Waals surface area contributed by atoms with Crippen LogP contribution in [-0.2, 0) is 4.79 Å². The highest BCUT2D eigenvalue weighted by atomic mass is 16.5. The van der Waals surface area contributed by atoms with E-state index in [-0.39, 0.29) is 24.5 Å². The van der Waals surface area contributed by atoms with Crippen LogP contribution in [0, 0.1) is 20.8 Å². The molecule has 166 valence electrons. The van der Waals surface area contributed by atoms with Crippen molar-refractivity contribution in [3.05, 3.63) is 64.2 Å². The Kier molecular flexibility index (Phi) is 7.37. The molecule has 1 fully saturated rings. The number of amides is 2. The number of aryl methyl sites for hydroxylation is 2. The Morgan fingerprint density at radius 3 is 2.23 bits per heavy atom. The third-order valence-electron chi connectivity index (χ3n) is 6.19. The van der Waals surface area contributed by atoms with Gasteiger partial charge in [0.2, 0.25) is 0 Å². The van der Waals surface area contributed by atoms with Gasteiger partial charge in [-0.05, 0) is 73.9 Å². The second-order valence-corrected chi connectivity index (χ2v) is 8.85. The summed E-state index contributed by atoms with van der Waals surface area (Å²) >= 11 is 0. The van der Waals surface area contributed by atoms with Gasteiger partial charge in [-0.25, -0.2) is 0 Å². The SMILES string of the molecule is Cc1ccc(C)c(OCC(=O)NC2CCN(C(=O)c3ccc(C(C)C)cc3)CC2)c1C. The fourth-order valence-electron chi connectivity index (χ4n) is 3.97. The lowest BCUT2D eigenvalue weighted by Gasteiger charge is -2.32. The number of ether oxygens (including phenoxy) is 1. The van der Waals surface area contributed by atoms with E-state index in [1.807, 2.05) is 56.0 Å². The number of hydrogen-bond acceptors (Lipinski definition) is 3. The van der Waals surface area contributed by atoms with Crippen LogP contribution >= 0.6 is 0 Å². The first-order valence-corrected chi connectivity index (χ1v) is 11.1. The maximum absolute atomic E-state index is 12.8. The van der Waals surface area contributed by atoms with Crippen molar-refractivity contribution in [2.45, 2.75) is 59.4 Å². The van der Waals surface area contributed by atoms with Gasteiger partial charge >= 0.3 is 0 Å². The summed E-state index contributed by atoms with van der Waals surface area (Å²) in [6.07, 6.45) is 1.51. The third kappa shape index (κ3) is 5.66. The van der Waals surface area contributed by atoms with Crippen LogP contribution in [0.1, 0.15) is 65.2 Å². The number of carbonyl (C=O) groups excluding carboxylic acids is 2. The maximum atomic E-state index is 12.8. The normalized spacial score (nSPS) is 14.6. The van der Waals surface area contributed by atoms with Crippen LogP contribution in [0.15, 0.2) is 36.4 Å². The summed E-state index contributed by atoms with van der Waals surface area (Å²) in [5.41, 5.74) is 5.21. The molecule has 3 rings (SSSR count). The lowest BCUT2D eigenvalue weighted by atomic mass is 10.0. The van der Waals surface area contributed by atoms with Crippen molar-refractivity contribution in [3.8, 4) is 5.75 Å². The standard InChI is InChI=1S/C26H34N2O3/c1-17(2)21-8-10-22(11-9-21)26(30)28-14-12-23(13-15-28)27-24(29)16-31-25-19(4)7-6-18(3)20(25)5/h6-11,17,23H,12-16H2,1-5H3,(H,27,29). The number of likely N-dealkylation sites (tertiary alicyclic amines) is 1. The van der Waals surface area contributed by atoms with Gasteiger partial charge in [-0.2, -0.15) is 0 Å². The highest BCUT2D eigenvalue weighted by molar-refractivity contribution is 5.94. The Hall–Kier alpha value is -2.82. The van der Waals surface area contributed by atoms with Crippen molar-refractivity contribution in [2.24, 2.45) is 0 Å². The third-order valence-corrected chi connectivity index (χ3v) is 6.19. The van der Waals surface area contributed by atoms with E-state index in [0.29, 0.717) is 19.0 Å². The van der Waals surface area contributed by atoms with Crippen LogP contribution in [0.5, 0.6) is 5.75 Å². The molecule has 1 aliphatic rings. The van der Waals surface area contributed by atoms with E-state index < -0.39 is 0 Å². The molecule has 1 heterocycles. The van der Waals surface area contributed by atoms with Crippen molar-refractivity contribution < 1.29 is 14.3 Å². The lowest BCUT2D eigenvalue weighted by molar-refractivity contribution is -0.124. The summed E-state index contributed by atoms with van der Waals surface area (Å²) in [4.78, 5) is 27.1. The molecule has 5 nitrogen and oxygen atoms in total. The number of hydrogen-bond donors (Lipinski definition) is 1. The Morgan fingerprint density at radius 1 is 1.00 bits per heavy atom. The summed E-state index contributed by atoms with van der Waals surface area (Å²) in [7, 11) is 0. The summed E-state index contributed by atoms with van der Waals surface area (Å²) in [6.45, 7) is 11.6. The van der Waals surface area contributed by atoms with E-state index in [2.05, 4.69) is 25.2 Å². The van der Waals surface area contributed by atoms with E-state index in [1.165, 1.54) is 5.56 Å². The number of benzene rings is 2. The number of nitrogens with zero attached hydrogens (tertiary/aromatic N) is 1. The van der Waals surface area contributed by atoms with Crippen LogP contribution in [-0.4, -0.2) is 42.5 Å². The predicted octanol–water partition coefficient (Wildman–Crippen LogP) is 4.54. The van der Waals surface area contributed by atoms with E-state index in [9.17, 15) is 9.59 Å². The van der Waals surface area contributed by atoms with Crippen LogP contribution in [0.25, 0.3) is 0 Å². The van der Waals surface area contributed by atoms with E-state index in [4.69, 9.17) is 4.74 Å². The Bertz CT molecular complexity index is 926. The van der Waals surface area contributed by atoms with Crippen LogP contribution < -0.4 is 10.1 Å². The molecular weight excluding hydrogens is 388 g/mol. The molecule has 0 saturated carbocycles. The maximum Gasteiger partial charge on any atom is 0.258 e. The average molecular weight is 423 g/mol. The van der Waals surface area contributed by atoms with Crippen LogP contribution in [0.4, 0.5) is 0 Å². The molecule has 0 aliphatic carbocycles. The molecule has 2 aromatic rings. The first-order valence-electron chi connectivity index (χ1n) is 11.1. The zero-order chi connectivity index (χ0) is 22.5. The second kappa shape index (κ2) is 9.99. The van der Waals surface area contributed by atoms with Crippen molar-refractivity contribution in [1.29, 1.82) is 0 Å². The highest BCUT2D eigenvalue weighted by Gasteiger charge is 2.25. The number of nitrogens with one attached hydrogen (secondary N) is 1. The van der Waals surface area contributed by atoms with Crippen molar-refractivity contribution >= 4 is 11.8 Å². The fraction of sp³-hybridized carbons (Fsp3) is 0.462. The van der Waals surface area contributed by atoms with E-state index in [1.54, 1.807) is 0 Å². The first kappa shape index (κ1) is 22.9. The molecule has 1 N–H and O–H groups in total. The zero-order valence-electron chi connectivity index (χ0n) is 19.3. The second-order valence-electron chi connectivity index (χ2n) is 8.85. The molecule has 2 amide bonds. The molecule has 31 heavy (non-hydrogen) atoms. The Balaban J connectivity index is 1.47. The van der Waals surface area contributed by atoms with Gasteiger partial charge in [0.25, 0.3) is 11.8 Å². The highest BCUT2D eigenvalue weighted by Crippen LogP contribution is 2.25. The van der Waals surface area contributed by atoms with Gasteiger partial charge in [0.05, 0.1) is 0 Å². The minimum Gasteiger partial charge on any atom is -0.483 e. The molecule has 0 radical (unpaired) electrons. The molecular formula is C26H34N2O3. The van der Waals surface area contributed by atoms with E-state index in [0.717, 1.165) is 40.8 Å². The zero-order valence-corrected chi connectivity index (χ0v) is 19.3. The largest absolute Gasteiger partial charge is 0.483 e. The van der Waals surface area contributed by atoms with Gasteiger partial charge in [0.1, 0.15) is 5.75 Å². The molecule has 5 heteroatoms. The minimum absolute atomic E-state index is 0.00643. The van der Waals surface area contributed by atoms with Gasteiger partial charge < -0.3 is 15.0 Å². The minimum atomic E-state index is -0.116. The Morgan fingerprint density at radius 2 is 1.61 bits per heavy atom. The van der Waals surface area contributed by atoms with Crippen LogP contribution in [0.2, 0.25) is 0 Å². The lowest BCUT2D eigenvalue weighted by Crippen LogP contribution is -2.47. The molecule has 0 spiro atoms. The van der Waals surface area contributed by atoms with Crippen molar-refractivity contribution in [3.63, 3.8) is 0 Å². The molecule has 1 aliphatic heterocycles. The molecule has 0 bridgehead atoms. The fourth-order valence-corrected chi connectivity index (χ4v) is 3.97. The monoisotopic (exact) mass is 422 g/mol. The van der Waals surface area contributed by atoms with E-state index >= 15 is 0 Å². The van der Waals surface area contributed by atoms with Gasteiger partial charge in [0.15, 0.2) is 6.61 Å². The molecule has 0 unspecified atom stereocenters. The average Bonchev–Trinajstić information content (AvgIpc) is 2.76. The Labute approximate surface area is 185 Å². The topological polar surface area (TPSA) is 58.6 Å². The van der Waals surface area contributed by atoms with Crippen LogP contribution in [0.3, 0.4) is 0 Å². The van der Waals surface area contributed by atoms with Gasteiger partial charge in [-0.3, -0.25) is 9.59 Å². The summed E-state index contributed by atoms with van der Waals surface area (Å²) in [6, 6.07) is 12.0.